The minimum absolute atomic E-state index is 0.380. The van der Waals surface area contributed by atoms with Crippen LogP contribution in [0, 0.1) is 11.3 Å². The van der Waals surface area contributed by atoms with Crippen LogP contribution in [0.5, 0.6) is 34.5 Å². The molecule has 3 aromatic rings. The first-order chi connectivity index (χ1) is 20.4. The van der Waals surface area contributed by atoms with E-state index >= 15 is 0 Å². The van der Waals surface area contributed by atoms with Crippen molar-refractivity contribution in [2.24, 2.45) is 0 Å². The first-order valence-corrected chi connectivity index (χ1v) is 12.4. The molecule has 1 heterocycles. The number of aliphatic hydroxyl groups is 2. The van der Waals surface area contributed by atoms with Gasteiger partial charge in [-0.25, -0.2) is 9.59 Å². The average molecular weight is 600 g/mol. The molecule has 1 aliphatic heterocycles. The highest BCUT2D eigenvalue weighted by Crippen LogP contribution is 2.37. The Hall–Kier alpha value is -5.27. The third-order valence-electron chi connectivity index (χ3n) is 6.36. The minimum Gasteiger partial charge on any atom is -0.504 e. The molecule has 226 valence electrons. The van der Waals surface area contributed by atoms with E-state index in [0.717, 1.165) is 24.3 Å². The maximum atomic E-state index is 12.8. The molecule has 0 spiro atoms. The SMILES string of the molecule is N#C[C@H](O[C@@H]1O[C@H](COC(=O)c2cc(O)c(O)c(O)c2)[C@@H](OC(=O)c2cc(O)c(O)c(O)c2)[C@H](O)[C@H]1O)c1ccccc1. The van der Waals surface area contributed by atoms with Gasteiger partial charge in [0.25, 0.3) is 0 Å². The zero-order valence-corrected chi connectivity index (χ0v) is 21.8. The van der Waals surface area contributed by atoms with E-state index in [1.165, 1.54) is 0 Å². The van der Waals surface area contributed by atoms with Gasteiger partial charge in [0.2, 0.25) is 0 Å². The molecular formula is C28H25NO14. The Bertz CT molecular complexity index is 1490. The number of hydrogen-bond acceptors (Lipinski definition) is 15. The second kappa shape index (κ2) is 12.7. The summed E-state index contributed by atoms with van der Waals surface area (Å²) >= 11 is 0. The van der Waals surface area contributed by atoms with Crippen LogP contribution in [0.4, 0.5) is 0 Å². The number of phenols is 6. The number of hydrogen-bond donors (Lipinski definition) is 8. The summed E-state index contributed by atoms with van der Waals surface area (Å²) in [5, 5.41) is 89.3. The molecular weight excluding hydrogens is 574 g/mol. The molecule has 0 bridgehead atoms. The lowest BCUT2D eigenvalue weighted by atomic mass is 9.98. The molecule has 0 aromatic heterocycles. The Morgan fingerprint density at radius 2 is 1.33 bits per heavy atom. The number of carbonyl (C=O) groups excluding carboxylic acids is 2. The molecule has 0 aliphatic carbocycles. The lowest BCUT2D eigenvalue weighted by Gasteiger charge is -2.42. The van der Waals surface area contributed by atoms with Crippen LogP contribution in [0.25, 0.3) is 0 Å². The molecule has 0 saturated carbocycles. The van der Waals surface area contributed by atoms with E-state index < -0.39 is 101 Å². The first kappa shape index (κ1) is 30.7. The number of phenolic OH excluding ortho intramolecular Hbond substituents is 6. The van der Waals surface area contributed by atoms with Crippen molar-refractivity contribution in [1.82, 2.24) is 0 Å². The molecule has 6 atom stereocenters. The van der Waals surface area contributed by atoms with Gasteiger partial charge in [0, 0.05) is 0 Å². The molecule has 1 aliphatic rings. The lowest BCUT2D eigenvalue weighted by Crippen LogP contribution is -2.60. The van der Waals surface area contributed by atoms with Gasteiger partial charge in [0.15, 0.2) is 53.0 Å². The monoisotopic (exact) mass is 599 g/mol. The zero-order chi connectivity index (χ0) is 31.4. The Labute approximate surface area is 242 Å². The molecule has 43 heavy (non-hydrogen) atoms. The topological polar surface area (TPSA) is 257 Å². The molecule has 0 unspecified atom stereocenters. The first-order valence-electron chi connectivity index (χ1n) is 12.4. The van der Waals surface area contributed by atoms with Crippen LogP contribution in [0.15, 0.2) is 54.6 Å². The van der Waals surface area contributed by atoms with Gasteiger partial charge in [-0.1, -0.05) is 30.3 Å². The predicted octanol–water partition coefficient (Wildman–Crippen LogP) is 1.03. The van der Waals surface area contributed by atoms with Crippen molar-refractivity contribution in [2.45, 2.75) is 36.8 Å². The molecule has 4 rings (SSSR count). The van der Waals surface area contributed by atoms with E-state index in [2.05, 4.69) is 0 Å². The number of nitrogens with zero attached hydrogens (tertiary/aromatic N) is 1. The average Bonchev–Trinajstić information content (AvgIpc) is 2.99. The number of ether oxygens (including phenoxy) is 4. The van der Waals surface area contributed by atoms with Crippen molar-refractivity contribution in [3.63, 3.8) is 0 Å². The number of aliphatic hydroxyl groups excluding tert-OH is 2. The molecule has 3 aromatic carbocycles. The molecule has 15 heteroatoms. The van der Waals surface area contributed by atoms with Gasteiger partial charge in [0.05, 0.1) is 17.2 Å². The summed E-state index contributed by atoms with van der Waals surface area (Å²) in [6.07, 6.45) is -10.3. The van der Waals surface area contributed by atoms with Crippen LogP contribution < -0.4 is 0 Å². The van der Waals surface area contributed by atoms with E-state index in [9.17, 15) is 55.7 Å². The van der Waals surface area contributed by atoms with E-state index in [-0.39, 0.29) is 0 Å². The van der Waals surface area contributed by atoms with Crippen molar-refractivity contribution < 1.29 is 69.4 Å². The molecule has 8 N–H and O–H groups in total. The zero-order valence-electron chi connectivity index (χ0n) is 21.8. The van der Waals surface area contributed by atoms with E-state index in [1.54, 1.807) is 30.3 Å². The van der Waals surface area contributed by atoms with Crippen molar-refractivity contribution in [1.29, 1.82) is 5.26 Å². The Balaban J connectivity index is 1.59. The van der Waals surface area contributed by atoms with Gasteiger partial charge in [-0.15, -0.1) is 0 Å². The Morgan fingerprint density at radius 3 is 1.84 bits per heavy atom. The van der Waals surface area contributed by atoms with Crippen molar-refractivity contribution in [2.75, 3.05) is 6.61 Å². The number of carbonyl (C=O) groups is 2. The van der Waals surface area contributed by atoms with Crippen LogP contribution in [0.2, 0.25) is 0 Å². The van der Waals surface area contributed by atoms with E-state index in [0.29, 0.717) is 5.56 Å². The standard InChI is InChI=1S/C28H25NO14/c29-10-19(12-4-2-1-3-5-12)41-28-24(37)23(36)25(43-27(39)14-8-17(32)22(35)18(33)9-14)20(42-28)11-40-26(38)13-6-15(30)21(34)16(31)7-13/h1-9,19-20,23-25,28,30-37H,11H2/t19-,20+,23+,24+,25+,28+/m0/s1. The summed E-state index contributed by atoms with van der Waals surface area (Å²) in [5.41, 5.74) is -0.507. The van der Waals surface area contributed by atoms with Crippen LogP contribution in [0.3, 0.4) is 0 Å². The highest BCUT2D eigenvalue weighted by atomic mass is 16.7. The van der Waals surface area contributed by atoms with Crippen molar-refractivity contribution in [3.8, 4) is 40.6 Å². The third kappa shape index (κ3) is 6.63. The van der Waals surface area contributed by atoms with Gasteiger partial charge < -0.3 is 59.8 Å². The summed E-state index contributed by atoms with van der Waals surface area (Å²) in [5.74, 6) is -7.61. The van der Waals surface area contributed by atoms with E-state index in [1.807, 2.05) is 6.07 Å². The van der Waals surface area contributed by atoms with Crippen LogP contribution >= 0.6 is 0 Å². The normalized spacial score (nSPS) is 22.2. The number of benzene rings is 3. The number of rotatable bonds is 8. The summed E-state index contributed by atoms with van der Waals surface area (Å²) in [7, 11) is 0. The second-order valence-electron chi connectivity index (χ2n) is 9.27. The fourth-order valence-electron chi connectivity index (χ4n) is 4.12. The number of esters is 2. The highest BCUT2D eigenvalue weighted by molar-refractivity contribution is 5.92. The summed E-state index contributed by atoms with van der Waals surface area (Å²) in [6, 6.07) is 13.1. The van der Waals surface area contributed by atoms with Gasteiger partial charge in [-0.2, -0.15) is 5.26 Å². The fourth-order valence-corrected chi connectivity index (χ4v) is 4.12. The minimum atomic E-state index is -1.97. The fraction of sp³-hybridized carbons (Fsp3) is 0.250. The largest absolute Gasteiger partial charge is 0.504 e. The highest BCUT2D eigenvalue weighted by Gasteiger charge is 2.49. The van der Waals surface area contributed by atoms with Gasteiger partial charge in [0.1, 0.15) is 24.9 Å². The Morgan fingerprint density at radius 1 is 0.814 bits per heavy atom. The third-order valence-corrected chi connectivity index (χ3v) is 6.36. The number of aromatic hydroxyl groups is 6. The molecule has 1 saturated heterocycles. The summed E-state index contributed by atoms with van der Waals surface area (Å²) in [4.78, 5) is 25.5. The molecule has 15 nitrogen and oxygen atoms in total. The van der Waals surface area contributed by atoms with E-state index in [4.69, 9.17) is 18.9 Å². The van der Waals surface area contributed by atoms with Gasteiger partial charge >= 0.3 is 11.9 Å². The number of nitriles is 1. The second-order valence-corrected chi connectivity index (χ2v) is 9.27. The van der Waals surface area contributed by atoms with Crippen molar-refractivity contribution >= 4 is 11.9 Å². The molecule has 1 fully saturated rings. The van der Waals surface area contributed by atoms with Crippen LogP contribution in [-0.2, 0) is 18.9 Å². The van der Waals surface area contributed by atoms with Gasteiger partial charge in [-0.05, 0) is 29.8 Å². The summed E-state index contributed by atoms with van der Waals surface area (Å²) in [6.45, 7) is -0.794. The molecule has 0 radical (unpaired) electrons. The maximum Gasteiger partial charge on any atom is 0.338 e. The maximum absolute atomic E-state index is 12.8. The van der Waals surface area contributed by atoms with Crippen molar-refractivity contribution in [3.05, 3.63) is 71.3 Å². The quantitative estimate of drug-likeness (QED) is 0.133. The van der Waals surface area contributed by atoms with Crippen LogP contribution in [-0.4, -0.2) is 90.1 Å². The Kier molecular flexibility index (Phi) is 9.07. The van der Waals surface area contributed by atoms with Crippen LogP contribution in [0.1, 0.15) is 32.4 Å². The summed E-state index contributed by atoms with van der Waals surface area (Å²) < 4.78 is 21.7. The predicted molar refractivity (Wildman–Crippen MR) is 139 cm³/mol. The molecule has 0 amide bonds. The smallest absolute Gasteiger partial charge is 0.338 e. The lowest BCUT2D eigenvalue weighted by molar-refractivity contribution is -0.307. The van der Waals surface area contributed by atoms with Gasteiger partial charge in [-0.3, -0.25) is 0 Å².